The number of hydrogen-bond donors (Lipinski definition) is 1. The molecular formula is C26H18Cl3N3O2. The Labute approximate surface area is 210 Å². The third kappa shape index (κ3) is 4.00. The van der Waals surface area contributed by atoms with Gasteiger partial charge in [-0.1, -0.05) is 71.2 Å². The second kappa shape index (κ2) is 8.91. The molecule has 1 aliphatic rings. The SMILES string of the molecule is CC(=O)N1N=C(c2c(-c3ccccc3)c3cc(Cl)ccc3[nH]c2=O)C[C@H]1c1ccc(Cl)c(Cl)c1. The van der Waals surface area contributed by atoms with Crippen LogP contribution in [0.5, 0.6) is 0 Å². The molecule has 1 atom stereocenters. The maximum Gasteiger partial charge on any atom is 0.258 e. The van der Waals surface area contributed by atoms with Gasteiger partial charge in [0.1, 0.15) is 0 Å². The summed E-state index contributed by atoms with van der Waals surface area (Å²) in [5.41, 5.74) is 3.66. The Kier molecular flexibility index (Phi) is 5.94. The minimum atomic E-state index is -0.416. The molecule has 1 aromatic heterocycles. The lowest BCUT2D eigenvalue weighted by atomic mass is 9.91. The van der Waals surface area contributed by atoms with Crippen LogP contribution >= 0.6 is 34.8 Å². The van der Waals surface area contributed by atoms with Gasteiger partial charge in [-0.2, -0.15) is 5.10 Å². The summed E-state index contributed by atoms with van der Waals surface area (Å²) in [5.74, 6) is -0.243. The van der Waals surface area contributed by atoms with E-state index in [1.807, 2.05) is 42.5 Å². The Morgan fingerprint density at radius 3 is 2.44 bits per heavy atom. The number of aromatic nitrogens is 1. The maximum absolute atomic E-state index is 13.4. The van der Waals surface area contributed by atoms with Crippen LogP contribution in [0.25, 0.3) is 22.0 Å². The number of aromatic amines is 1. The van der Waals surface area contributed by atoms with E-state index in [1.165, 1.54) is 11.9 Å². The first kappa shape index (κ1) is 22.7. The summed E-state index contributed by atoms with van der Waals surface area (Å²) < 4.78 is 0. The molecule has 0 radical (unpaired) electrons. The molecular weight excluding hydrogens is 493 g/mol. The number of benzene rings is 3. The lowest BCUT2D eigenvalue weighted by Crippen LogP contribution is -2.24. The summed E-state index contributed by atoms with van der Waals surface area (Å²) >= 11 is 18.7. The summed E-state index contributed by atoms with van der Waals surface area (Å²) in [5, 5.41) is 8.17. The van der Waals surface area contributed by atoms with Crippen LogP contribution in [0.4, 0.5) is 0 Å². The smallest absolute Gasteiger partial charge is 0.258 e. The van der Waals surface area contributed by atoms with E-state index in [-0.39, 0.29) is 11.5 Å². The number of rotatable bonds is 3. The molecule has 1 amide bonds. The molecule has 4 aromatic rings. The molecule has 1 aliphatic heterocycles. The van der Waals surface area contributed by atoms with E-state index in [0.717, 1.165) is 22.1 Å². The Morgan fingerprint density at radius 2 is 1.74 bits per heavy atom. The molecule has 34 heavy (non-hydrogen) atoms. The minimum Gasteiger partial charge on any atom is -0.321 e. The van der Waals surface area contributed by atoms with Gasteiger partial charge in [0, 0.05) is 34.8 Å². The van der Waals surface area contributed by atoms with E-state index in [9.17, 15) is 9.59 Å². The van der Waals surface area contributed by atoms with Crippen molar-refractivity contribution in [2.45, 2.75) is 19.4 Å². The van der Waals surface area contributed by atoms with Crippen LogP contribution in [-0.2, 0) is 4.79 Å². The molecule has 8 heteroatoms. The van der Waals surface area contributed by atoms with E-state index in [1.54, 1.807) is 24.3 Å². The van der Waals surface area contributed by atoms with Crippen molar-refractivity contribution in [2.75, 3.05) is 0 Å². The first-order valence-corrected chi connectivity index (χ1v) is 11.7. The molecule has 1 N–H and O–H groups in total. The number of carbonyl (C=O) groups is 1. The first-order valence-electron chi connectivity index (χ1n) is 10.6. The number of amides is 1. The van der Waals surface area contributed by atoms with Crippen molar-refractivity contribution in [3.8, 4) is 11.1 Å². The Bertz CT molecular complexity index is 1530. The van der Waals surface area contributed by atoms with Crippen molar-refractivity contribution in [2.24, 2.45) is 5.10 Å². The van der Waals surface area contributed by atoms with Gasteiger partial charge in [0.2, 0.25) is 5.91 Å². The largest absolute Gasteiger partial charge is 0.321 e. The van der Waals surface area contributed by atoms with Gasteiger partial charge in [-0.3, -0.25) is 9.59 Å². The van der Waals surface area contributed by atoms with Crippen LogP contribution in [0.3, 0.4) is 0 Å². The van der Waals surface area contributed by atoms with Crippen LogP contribution in [0.15, 0.2) is 76.6 Å². The van der Waals surface area contributed by atoms with Crippen LogP contribution in [0.1, 0.15) is 30.5 Å². The van der Waals surface area contributed by atoms with Crippen LogP contribution in [0.2, 0.25) is 15.1 Å². The van der Waals surface area contributed by atoms with Crippen LogP contribution in [-0.4, -0.2) is 21.6 Å². The average molecular weight is 511 g/mol. The average Bonchev–Trinajstić information content (AvgIpc) is 3.26. The van der Waals surface area contributed by atoms with Gasteiger partial charge in [0.15, 0.2) is 0 Å². The van der Waals surface area contributed by atoms with Crippen molar-refractivity contribution in [3.63, 3.8) is 0 Å². The highest BCUT2D eigenvalue weighted by molar-refractivity contribution is 6.42. The Balaban J connectivity index is 1.73. The third-order valence-corrected chi connectivity index (χ3v) is 6.86. The van der Waals surface area contributed by atoms with E-state index in [2.05, 4.69) is 10.1 Å². The van der Waals surface area contributed by atoms with Gasteiger partial charge in [-0.15, -0.1) is 0 Å². The molecule has 0 spiro atoms. The molecule has 3 aromatic carbocycles. The fourth-order valence-corrected chi connectivity index (χ4v) is 4.85. The fourth-order valence-electron chi connectivity index (χ4n) is 4.38. The summed E-state index contributed by atoms with van der Waals surface area (Å²) in [7, 11) is 0. The minimum absolute atomic E-state index is 0.243. The van der Waals surface area contributed by atoms with Gasteiger partial charge < -0.3 is 4.98 Å². The molecule has 0 unspecified atom stereocenters. The lowest BCUT2D eigenvalue weighted by molar-refractivity contribution is -0.130. The molecule has 2 heterocycles. The topological polar surface area (TPSA) is 65.5 Å². The molecule has 0 saturated carbocycles. The number of halogens is 3. The van der Waals surface area contributed by atoms with E-state index < -0.39 is 6.04 Å². The predicted octanol–water partition coefficient (Wildman–Crippen LogP) is 6.85. The molecule has 0 saturated heterocycles. The standard InChI is InChI=1S/C26H18Cl3N3O2/c1-14(33)32-23(16-7-9-19(28)20(29)11-16)13-22(31-32)25-24(15-5-3-2-4-6-15)18-12-17(27)8-10-21(18)30-26(25)34/h2-12,23H,13H2,1H3,(H,30,34)/t23-/m0/s1. The summed E-state index contributed by atoms with van der Waals surface area (Å²) in [6, 6.07) is 19.8. The highest BCUT2D eigenvalue weighted by atomic mass is 35.5. The second-order valence-electron chi connectivity index (χ2n) is 8.06. The molecule has 170 valence electrons. The van der Waals surface area contributed by atoms with E-state index >= 15 is 0 Å². The van der Waals surface area contributed by atoms with Crippen molar-refractivity contribution in [3.05, 3.63) is 103 Å². The second-order valence-corrected chi connectivity index (χ2v) is 9.31. The molecule has 0 fully saturated rings. The van der Waals surface area contributed by atoms with E-state index in [4.69, 9.17) is 34.8 Å². The zero-order valence-electron chi connectivity index (χ0n) is 18.0. The number of fused-ring (bicyclic) bond motifs is 1. The van der Waals surface area contributed by atoms with Gasteiger partial charge in [0.05, 0.1) is 27.4 Å². The van der Waals surface area contributed by atoms with Crippen molar-refractivity contribution < 1.29 is 4.79 Å². The predicted molar refractivity (Wildman–Crippen MR) is 138 cm³/mol. The number of H-pyrrole nitrogens is 1. The maximum atomic E-state index is 13.4. The zero-order valence-corrected chi connectivity index (χ0v) is 20.2. The number of carbonyl (C=O) groups excluding carboxylic acids is 1. The number of hydrogen-bond acceptors (Lipinski definition) is 3. The van der Waals surface area contributed by atoms with Crippen molar-refractivity contribution in [1.82, 2.24) is 9.99 Å². The van der Waals surface area contributed by atoms with Gasteiger partial charge in [0.25, 0.3) is 5.56 Å². The summed E-state index contributed by atoms with van der Waals surface area (Å²) in [6.45, 7) is 1.44. The van der Waals surface area contributed by atoms with Gasteiger partial charge in [-0.05, 0) is 41.5 Å². The van der Waals surface area contributed by atoms with Crippen molar-refractivity contribution in [1.29, 1.82) is 0 Å². The van der Waals surface area contributed by atoms with Crippen LogP contribution in [0, 0.1) is 0 Å². The quantitative estimate of drug-likeness (QED) is 0.327. The number of pyridine rings is 1. The Hall–Kier alpha value is -3.12. The number of hydrazone groups is 1. The highest BCUT2D eigenvalue weighted by Crippen LogP contribution is 2.38. The first-order chi connectivity index (χ1) is 16.3. The Morgan fingerprint density at radius 1 is 0.971 bits per heavy atom. The van der Waals surface area contributed by atoms with Crippen molar-refractivity contribution >= 4 is 57.3 Å². The fraction of sp³-hybridized carbons (Fsp3) is 0.115. The molecule has 5 nitrogen and oxygen atoms in total. The monoisotopic (exact) mass is 509 g/mol. The van der Waals surface area contributed by atoms with E-state index in [0.29, 0.717) is 38.3 Å². The summed E-state index contributed by atoms with van der Waals surface area (Å²) in [4.78, 5) is 28.9. The van der Waals surface area contributed by atoms with Gasteiger partial charge >= 0.3 is 0 Å². The molecule has 0 bridgehead atoms. The number of nitrogens with one attached hydrogen (secondary N) is 1. The highest BCUT2D eigenvalue weighted by Gasteiger charge is 2.34. The molecule has 0 aliphatic carbocycles. The zero-order chi connectivity index (χ0) is 24.0. The molecule has 5 rings (SSSR count). The number of nitrogens with zero attached hydrogens (tertiary/aromatic N) is 2. The normalized spacial score (nSPS) is 15.6. The lowest BCUT2D eigenvalue weighted by Gasteiger charge is -2.20. The van der Waals surface area contributed by atoms with Gasteiger partial charge in [-0.25, -0.2) is 5.01 Å². The third-order valence-electron chi connectivity index (χ3n) is 5.89. The summed E-state index contributed by atoms with van der Waals surface area (Å²) in [6.07, 6.45) is 0.340. The van der Waals surface area contributed by atoms with Crippen LogP contribution < -0.4 is 5.56 Å².